The molecule has 2 N–H and O–H groups in total. The van der Waals surface area contributed by atoms with E-state index in [4.69, 9.17) is 33.1 Å². The Hall–Kier alpha value is -0.810. The maximum Gasteiger partial charge on any atom is 0.290 e. The van der Waals surface area contributed by atoms with Crippen molar-refractivity contribution >= 4 is 29.7 Å². The van der Waals surface area contributed by atoms with Crippen LogP contribution < -0.4 is 0 Å². The number of rotatable bonds is 3. The topological polar surface area (TPSA) is 60.8 Å². The molecular formula is C18H25Cl2NO3. The van der Waals surface area contributed by atoms with E-state index >= 15 is 0 Å². The number of carboxylic acid groups (broad SMARTS) is 1. The van der Waals surface area contributed by atoms with Crippen molar-refractivity contribution in [3.63, 3.8) is 0 Å². The summed E-state index contributed by atoms with van der Waals surface area (Å²) in [6.07, 6.45) is 4.25. The van der Waals surface area contributed by atoms with Crippen molar-refractivity contribution in [3.8, 4) is 0 Å². The summed E-state index contributed by atoms with van der Waals surface area (Å²) in [6, 6.07) is 5.87. The molecule has 0 amide bonds. The van der Waals surface area contributed by atoms with Crippen LogP contribution in [0.3, 0.4) is 0 Å². The number of likely N-dealkylation sites (tertiary alicyclic amines) is 1. The maximum atomic E-state index is 10.8. The van der Waals surface area contributed by atoms with Crippen LogP contribution in [0.4, 0.5) is 0 Å². The van der Waals surface area contributed by atoms with Gasteiger partial charge in [-0.2, -0.15) is 0 Å². The fraction of sp³-hybridized carbons (Fsp3) is 0.611. The van der Waals surface area contributed by atoms with E-state index in [1.807, 2.05) is 18.2 Å². The molecule has 1 saturated heterocycles. The monoisotopic (exact) mass is 373 g/mol. The van der Waals surface area contributed by atoms with Gasteiger partial charge in [0, 0.05) is 25.6 Å². The van der Waals surface area contributed by atoms with Crippen molar-refractivity contribution in [2.45, 2.75) is 44.8 Å². The van der Waals surface area contributed by atoms with Gasteiger partial charge >= 0.3 is 0 Å². The van der Waals surface area contributed by atoms with Gasteiger partial charge < -0.3 is 10.2 Å². The van der Waals surface area contributed by atoms with Crippen molar-refractivity contribution in [2.24, 2.45) is 11.8 Å². The predicted molar refractivity (Wildman–Crippen MR) is 96.5 cm³/mol. The molecular weight excluding hydrogens is 349 g/mol. The first-order valence-corrected chi connectivity index (χ1v) is 9.15. The molecule has 0 bridgehead atoms. The summed E-state index contributed by atoms with van der Waals surface area (Å²) < 4.78 is 0. The highest BCUT2D eigenvalue weighted by atomic mass is 35.5. The van der Waals surface area contributed by atoms with Gasteiger partial charge in [0.1, 0.15) is 0 Å². The van der Waals surface area contributed by atoms with Gasteiger partial charge in [-0.1, -0.05) is 42.6 Å². The average molecular weight is 374 g/mol. The molecule has 4 nitrogen and oxygen atoms in total. The lowest BCUT2D eigenvalue weighted by Crippen LogP contribution is -2.44. The van der Waals surface area contributed by atoms with E-state index in [0.29, 0.717) is 21.9 Å². The Bertz CT molecular complexity index is 569. The largest absolute Gasteiger partial charge is 0.483 e. The van der Waals surface area contributed by atoms with Gasteiger partial charge in [0.25, 0.3) is 6.47 Å². The lowest BCUT2D eigenvalue weighted by molar-refractivity contribution is -0.122. The van der Waals surface area contributed by atoms with E-state index in [1.54, 1.807) is 0 Å². The molecule has 1 aromatic carbocycles. The molecule has 0 radical (unpaired) electrons. The van der Waals surface area contributed by atoms with Gasteiger partial charge in [0.15, 0.2) is 0 Å². The smallest absolute Gasteiger partial charge is 0.290 e. The molecule has 24 heavy (non-hydrogen) atoms. The number of carbonyl (C=O) groups is 1. The van der Waals surface area contributed by atoms with Gasteiger partial charge in [0.05, 0.1) is 15.6 Å². The van der Waals surface area contributed by atoms with E-state index < -0.39 is 5.60 Å². The summed E-state index contributed by atoms with van der Waals surface area (Å²) in [6.45, 7) is 4.84. The number of hydrogen-bond acceptors (Lipinski definition) is 3. The number of benzene rings is 1. The second-order valence-electron chi connectivity index (χ2n) is 6.76. The minimum Gasteiger partial charge on any atom is -0.483 e. The first kappa shape index (κ1) is 19.5. The summed E-state index contributed by atoms with van der Waals surface area (Å²) in [5, 5.41) is 19.0. The summed E-state index contributed by atoms with van der Waals surface area (Å²) in [5.74, 6) is 1.07. The summed E-state index contributed by atoms with van der Waals surface area (Å²) in [5.41, 5.74) is 0.748. The van der Waals surface area contributed by atoms with Crippen molar-refractivity contribution in [1.29, 1.82) is 0 Å². The van der Waals surface area contributed by atoms with E-state index in [0.717, 1.165) is 38.9 Å². The molecule has 1 aliphatic carbocycles. The molecule has 3 atom stereocenters. The highest BCUT2D eigenvalue weighted by molar-refractivity contribution is 6.42. The van der Waals surface area contributed by atoms with Crippen molar-refractivity contribution in [1.82, 2.24) is 4.90 Å². The van der Waals surface area contributed by atoms with Crippen LogP contribution in [0.5, 0.6) is 0 Å². The second-order valence-corrected chi connectivity index (χ2v) is 7.58. The summed E-state index contributed by atoms with van der Waals surface area (Å²) in [7, 11) is 0. The van der Waals surface area contributed by atoms with Gasteiger partial charge in [-0.25, -0.2) is 0 Å². The fourth-order valence-electron chi connectivity index (χ4n) is 4.18. The Morgan fingerprint density at radius 3 is 2.67 bits per heavy atom. The van der Waals surface area contributed by atoms with Crippen molar-refractivity contribution in [2.75, 3.05) is 13.1 Å². The number of fused-ring (bicyclic) bond motifs is 1. The second kappa shape index (κ2) is 8.52. The minimum absolute atomic E-state index is 0.250. The normalized spacial score (nSPS) is 29.5. The zero-order valence-corrected chi connectivity index (χ0v) is 15.4. The third kappa shape index (κ3) is 4.42. The summed E-state index contributed by atoms with van der Waals surface area (Å²) >= 11 is 12.1. The molecule has 2 fully saturated rings. The molecule has 6 heteroatoms. The number of halogens is 2. The standard InChI is InChI=1S/C17H23Cl2NO.CH2O2/c1-2-17(21)7-3-4-13-10-20(11-14(13)17)9-12-5-6-15(18)16(19)8-12;2-1-3/h5-6,8,13-14,21H,2-4,7,9-11H2,1H3;1H,(H,2,3)/t13-,14+,17-;/m1./s1. The lowest BCUT2D eigenvalue weighted by atomic mass is 9.69. The van der Waals surface area contributed by atoms with Crippen LogP contribution in [0.1, 0.15) is 38.2 Å². The van der Waals surface area contributed by atoms with Crippen molar-refractivity contribution < 1.29 is 15.0 Å². The average Bonchev–Trinajstić information content (AvgIpc) is 2.96. The SMILES string of the molecule is CC[C@@]1(O)CCC[C@@H]2CN(Cc3ccc(Cl)c(Cl)c3)C[C@@H]21.O=CO. The summed E-state index contributed by atoms with van der Waals surface area (Å²) in [4.78, 5) is 10.8. The van der Waals surface area contributed by atoms with E-state index in [2.05, 4.69) is 11.8 Å². The fourth-order valence-corrected chi connectivity index (χ4v) is 4.50. The lowest BCUT2D eigenvalue weighted by Gasteiger charge is -2.40. The Balaban J connectivity index is 0.000000647. The van der Waals surface area contributed by atoms with Gasteiger partial charge in [0.2, 0.25) is 0 Å². The Labute approximate surface area is 153 Å². The molecule has 1 heterocycles. The number of hydrogen-bond donors (Lipinski definition) is 2. The van der Waals surface area contributed by atoms with Crippen LogP contribution in [-0.4, -0.2) is 40.3 Å². The molecule has 3 rings (SSSR count). The third-order valence-corrected chi connectivity index (χ3v) is 6.13. The molecule has 0 aromatic heterocycles. The van der Waals surface area contributed by atoms with Gasteiger partial charge in [-0.05, 0) is 42.9 Å². The van der Waals surface area contributed by atoms with E-state index in [9.17, 15) is 5.11 Å². The zero-order valence-electron chi connectivity index (χ0n) is 13.9. The molecule has 1 aliphatic heterocycles. The molecule has 2 aliphatic rings. The number of aliphatic hydroxyl groups is 1. The Morgan fingerprint density at radius 2 is 2.04 bits per heavy atom. The van der Waals surface area contributed by atoms with Crippen LogP contribution in [0, 0.1) is 11.8 Å². The van der Waals surface area contributed by atoms with Gasteiger partial charge in [-0.15, -0.1) is 0 Å². The maximum absolute atomic E-state index is 10.8. The first-order chi connectivity index (χ1) is 11.4. The molecule has 1 aromatic rings. The molecule has 1 saturated carbocycles. The minimum atomic E-state index is -0.449. The van der Waals surface area contributed by atoms with Crippen molar-refractivity contribution in [3.05, 3.63) is 33.8 Å². The van der Waals surface area contributed by atoms with Crippen LogP contribution in [-0.2, 0) is 11.3 Å². The highest BCUT2D eigenvalue weighted by Crippen LogP contribution is 2.44. The van der Waals surface area contributed by atoms with Gasteiger partial charge in [-0.3, -0.25) is 9.69 Å². The Kier molecular flexibility index (Phi) is 6.93. The highest BCUT2D eigenvalue weighted by Gasteiger charge is 2.47. The zero-order chi connectivity index (χ0) is 17.7. The third-order valence-electron chi connectivity index (χ3n) is 5.39. The Morgan fingerprint density at radius 1 is 1.33 bits per heavy atom. The molecule has 134 valence electrons. The number of nitrogens with zero attached hydrogens (tertiary/aromatic N) is 1. The van der Waals surface area contributed by atoms with E-state index in [1.165, 1.54) is 12.0 Å². The van der Waals surface area contributed by atoms with E-state index in [-0.39, 0.29) is 6.47 Å². The molecule has 0 unspecified atom stereocenters. The quantitative estimate of drug-likeness (QED) is 0.783. The molecule has 0 spiro atoms. The van der Waals surface area contributed by atoms with Crippen LogP contribution >= 0.6 is 23.2 Å². The van der Waals surface area contributed by atoms with Crippen LogP contribution in [0.15, 0.2) is 18.2 Å². The van der Waals surface area contributed by atoms with Crippen LogP contribution in [0.25, 0.3) is 0 Å². The van der Waals surface area contributed by atoms with Crippen LogP contribution in [0.2, 0.25) is 10.0 Å². The predicted octanol–water partition coefficient (Wildman–Crippen LogP) is 4.07. The first-order valence-electron chi connectivity index (χ1n) is 8.40.